The zero-order valence-corrected chi connectivity index (χ0v) is 11.0. The molecule has 0 saturated heterocycles. The highest BCUT2D eigenvalue weighted by Crippen LogP contribution is 2.21. The number of halogens is 3. The second-order valence-electron chi connectivity index (χ2n) is 2.74. The van der Waals surface area contributed by atoms with Crippen molar-refractivity contribution in [2.24, 2.45) is 0 Å². The molecule has 0 saturated carbocycles. The molecular weight excluding hydrogens is 350 g/mol. The standard InChI is InChI=1S/C8H5Cl2IN4/c9-4-8-12-13-14-15(8)7-2-1-5(10)3-6(7)11/h1-3H,4H2. The maximum atomic E-state index is 5.86. The lowest BCUT2D eigenvalue weighted by atomic mass is 10.3. The molecule has 1 aromatic carbocycles. The van der Waals surface area contributed by atoms with Crippen LogP contribution in [0, 0.1) is 3.57 Å². The van der Waals surface area contributed by atoms with E-state index in [-0.39, 0.29) is 5.88 Å². The first kappa shape index (κ1) is 11.1. The van der Waals surface area contributed by atoms with Crippen molar-refractivity contribution < 1.29 is 0 Å². The minimum Gasteiger partial charge on any atom is -0.195 e. The van der Waals surface area contributed by atoms with Crippen molar-refractivity contribution in [2.45, 2.75) is 5.88 Å². The van der Waals surface area contributed by atoms with E-state index in [1.165, 1.54) is 0 Å². The number of aromatic nitrogens is 4. The smallest absolute Gasteiger partial charge is 0.171 e. The predicted molar refractivity (Wildman–Crippen MR) is 66.4 cm³/mol. The summed E-state index contributed by atoms with van der Waals surface area (Å²) in [4.78, 5) is 0. The summed E-state index contributed by atoms with van der Waals surface area (Å²) in [6, 6.07) is 5.49. The van der Waals surface area contributed by atoms with Gasteiger partial charge in [0, 0.05) is 8.59 Å². The Kier molecular flexibility index (Phi) is 3.42. The summed E-state index contributed by atoms with van der Waals surface area (Å²) in [5.74, 6) is 0.878. The molecule has 0 aliphatic heterocycles. The molecule has 0 unspecified atom stereocenters. The van der Waals surface area contributed by atoms with Crippen LogP contribution in [-0.2, 0) is 5.88 Å². The summed E-state index contributed by atoms with van der Waals surface area (Å²) in [5.41, 5.74) is 0.876. The van der Waals surface area contributed by atoms with Crippen LogP contribution in [0.2, 0.25) is 5.02 Å². The lowest BCUT2D eigenvalue weighted by Gasteiger charge is -2.05. The first-order valence-electron chi connectivity index (χ1n) is 4.01. The Bertz CT molecular complexity index is 485. The number of rotatable bonds is 2. The Morgan fingerprint density at radius 1 is 1.40 bits per heavy atom. The van der Waals surface area contributed by atoms with Crippen LogP contribution in [0.5, 0.6) is 0 Å². The highest BCUT2D eigenvalue weighted by atomic mass is 127. The van der Waals surface area contributed by atoms with E-state index in [1.54, 1.807) is 10.7 Å². The van der Waals surface area contributed by atoms with Crippen LogP contribution >= 0.6 is 45.8 Å². The average Bonchev–Trinajstić information content (AvgIpc) is 2.65. The van der Waals surface area contributed by atoms with Crippen molar-refractivity contribution in [3.05, 3.63) is 32.6 Å². The highest BCUT2D eigenvalue weighted by Gasteiger charge is 2.09. The second-order valence-corrected chi connectivity index (χ2v) is 4.60. The van der Waals surface area contributed by atoms with Gasteiger partial charge in [0.25, 0.3) is 0 Å². The number of alkyl halides is 1. The van der Waals surface area contributed by atoms with Gasteiger partial charge in [0.05, 0.1) is 11.6 Å². The molecule has 0 N–H and O–H groups in total. The fourth-order valence-electron chi connectivity index (χ4n) is 1.13. The van der Waals surface area contributed by atoms with Gasteiger partial charge in [-0.2, -0.15) is 4.68 Å². The number of tetrazole rings is 1. The van der Waals surface area contributed by atoms with Crippen LogP contribution in [-0.4, -0.2) is 20.2 Å². The van der Waals surface area contributed by atoms with Crippen LogP contribution in [0.25, 0.3) is 5.69 Å². The summed E-state index contributed by atoms with van der Waals surface area (Å²) in [6.07, 6.45) is 0. The van der Waals surface area contributed by atoms with E-state index in [9.17, 15) is 0 Å². The Balaban J connectivity index is 2.54. The van der Waals surface area contributed by atoms with Crippen LogP contribution in [0.4, 0.5) is 0 Å². The fourth-order valence-corrected chi connectivity index (χ4v) is 2.40. The lowest BCUT2D eigenvalue weighted by molar-refractivity contribution is 0.774. The molecule has 4 nitrogen and oxygen atoms in total. The first-order chi connectivity index (χ1) is 7.22. The minimum atomic E-state index is 0.270. The quantitative estimate of drug-likeness (QED) is 0.615. The van der Waals surface area contributed by atoms with Crippen molar-refractivity contribution in [2.75, 3.05) is 0 Å². The third-order valence-electron chi connectivity index (χ3n) is 1.79. The van der Waals surface area contributed by atoms with Gasteiger partial charge in [-0.05, 0) is 51.2 Å². The summed E-state index contributed by atoms with van der Waals surface area (Å²) >= 11 is 13.8. The lowest BCUT2D eigenvalue weighted by Crippen LogP contribution is -2.03. The monoisotopic (exact) mass is 354 g/mol. The van der Waals surface area contributed by atoms with Crippen molar-refractivity contribution in [3.63, 3.8) is 0 Å². The minimum absolute atomic E-state index is 0.270. The molecule has 15 heavy (non-hydrogen) atoms. The molecule has 78 valence electrons. The third kappa shape index (κ3) is 2.24. The van der Waals surface area contributed by atoms with Gasteiger partial charge in [-0.3, -0.25) is 0 Å². The molecule has 7 heteroatoms. The molecule has 2 rings (SSSR count). The second kappa shape index (κ2) is 4.63. The van der Waals surface area contributed by atoms with Crippen molar-refractivity contribution in [1.82, 2.24) is 20.2 Å². The van der Waals surface area contributed by atoms with Crippen LogP contribution in [0.3, 0.4) is 0 Å². The highest BCUT2D eigenvalue weighted by molar-refractivity contribution is 14.1. The van der Waals surface area contributed by atoms with Gasteiger partial charge in [-0.15, -0.1) is 16.7 Å². The average molecular weight is 355 g/mol. The van der Waals surface area contributed by atoms with Crippen LogP contribution in [0.1, 0.15) is 5.82 Å². The van der Waals surface area contributed by atoms with Gasteiger partial charge < -0.3 is 0 Å². The Morgan fingerprint density at radius 2 is 2.20 bits per heavy atom. The normalized spacial score (nSPS) is 10.6. The molecule has 0 spiro atoms. The van der Waals surface area contributed by atoms with E-state index in [2.05, 4.69) is 38.1 Å². The van der Waals surface area contributed by atoms with E-state index in [1.807, 2.05) is 12.1 Å². The Morgan fingerprint density at radius 3 is 2.87 bits per heavy atom. The van der Waals surface area contributed by atoms with Gasteiger partial charge in [-0.1, -0.05) is 11.6 Å². The molecule has 0 bridgehead atoms. The van der Waals surface area contributed by atoms with E-state index in [0.717, 1.165) is 9.26 Å². The molecule has 1 heterocycles. The van der Waals surface area contributed by atoms with Crippen molar-refractivity contribution >= 4 is 45.8 Å². The van der Waals surface area contributed by atoms with E-state index in [0.29, 0.717) is 10.8 Å². The van der Waals surface area contributed by atoms with E-state index < -0.39 is 0 Å². The Hall–Kier alpha value is -0.400. The topological polar surface area (TPSA) is 43.6 Å². The summed E-state index contributed by atoms with van der Waals surface area (Å²) in [7, 11) is 0. The molecular formula is C8H5Cl2IN4. The molecule has 0 atom stereocenters. The molecule has 0 aliphatic carbocycles. The summed E-state index contributed by atoms with van der Waals surface area (Å²) in [6.45, 7) is 0. The third-order valence-corrected chi connectivity index (χ3v) is 3.13. The number of benzene rings is 1. The SMILES string of the molecule is ClCc1nnnn1-c1ccc(Cl)cc1I. The molecule has 2 aromatic rings. The van der Waals surface area contributed by atoms with Crippen molar-refractivity contribution in [1.29, 1.82) is 0 Å². The zero-order valence-electron chi connectivity index (χ0n) is 7.36. The molecule has 0 fully saturated rings. The summed E-state index contributed by atoms with van der Waals surface area (Å²) < 4.78 is 2.57. The predicted octanol–water partition coefficient (Wildman–Crippen LogP) is 2.66. The fraction of sp³-hybridized carbons (Fsp3) is 0.125. The van der Waals surface area contributed by atoms with Crippen molar-refractivity contribution in [3.8, 4) is 5.69 Å². The molecule has 1 aromatic heterocycles. The Labute approximate surface area is 110 Å². The molecule has 0 amide bonds. The van der Waals surface area contributed by atoms with Gasteiger partial charge in [0.2, 0.25) is 0 Å². The first-order valence-corrected chi connectivity index (χ1v) is 6.00. The van der Waals surface area contributed by atoms with Gasteiger partial charge in [-0.25, -0.2) is 0 Å². The molecule has 0 aliphatic rings. The number of nitrogens with zero attached hydrogens (tertiary/aromatic N) is 4. The largest absolute Gasteiger partial charge is 0.195 e. The zero-order chi connectivity index (χ0) is 10.8. The van der Waals surface area contributed by atoms with Gasteiger partial charge in [0.15, 0.2) is 5.82 Å². The van der Waals surface area contributed by atoms with Gasteiger partial charge in [0.1, 0.15) is 0 Å². The molecule has 0 radical (unpaired) electrons. The van der Waals surface area contributed by atoms with Crippen LogP contribution < -0.4 is 0 Å². The maximum absolute atomic E-state index is 5.86. The summed E-state index contributed by atoms with van der Waals surface area (Å²) in [5, 5.41) is 11.9. The van der Waals surface area contributed by atoms with Gasteiger partial charge >= 0.3 is 0 Å². The maximum Gasteiger partial charge on any atom is 0.171 e. The number of hydrogen-bond donors (Lipinski definition) is 0. The van der Waals surface area contributed by atoms with E-state index in [4.69, 9.17) is 23.2 Å². The van der Waals surface area contributed by atoms with Crippen LogP contribution in [0.15, 0.2) is 18.2 Å². The number of hydrogen-bond acceptors (Lipinski definition) is 3. The van der Waals surface area contributed by atoms with E-state index >= 15 is 0 Å².